The number of nitrogens with zero attached hydrogens (tertiary/aromatic N) is 3. The van der Waals surface area contributed by atoms with Gasteiger partial charge in [0.1, 0.15) is 0 Å². The van der Waals surface area contributed by atoms with Crippen LogP contribution >= 0.6 is 0 Å². The monoisotopic (exact) mass is 681 g/mol. The average Bonchev–Trinajstić information content (AvgIpc) is 3.10. The van der Waals surface area contributed by atoms with Crippen molar-refractivity contribution in [3.05, 3.63) is 65.7 Å². The number of nitrogens with two attached hydrogens (primary N) is 1. The van der Waals surface area contributed by atoms with Gasteiger partial charge in [-0.05, 0) is 48.7 Å². The highest BCUT2D eigenvalue weighted by Crippen LogP contribution is 2.17. The molecule has 0 radical (unpaired) electrons. The molecule has 0 atom stereocenters. The van der Waals surface area contributed by atoms with Crippen LogP contribution in [0.2, 0.25) is 0 Å². The van der Waals surface area contributed by atoms with E-state index in [2.05, 4.69) is 55.4 Å². The van der Waals surface area contributed by atoms with Crippen LogP contribution in [0.25, 0.3) is 0 Å². The molecule has 0 spiro atoms. The van der Waals surface area contributed by atoms with Crippen molar-refractivity contribution < 1.29 is 28.5 Å². The molecule has 1 heterocycles. The Kier molecular flexibility index (Phi) is 19.0. The lowest BCUT2D eigenvalue weighted by Gasteiger charge is -2.12. The van der Waals surface area contributed by atoms with Crippen molar-refractivity contribution in [2.75, 3.05) is 102 Å². The fraction of sp³-hybridized carbons (Fsp3) is 0.500. The lowest BCUT2D eigenvalue weighted by Crippen LogP contribution is -2.27. The number of anilines is 4. The molecule has 3 aromatic rings. The number of hydrogen-bond donors (Lipinski definition) is 6. The molecule has 15 nitrogen and oxygen atoms in total. The van der Waals surface area contributed by atoms with Crippen LogP contribution in [0.3, 0.4) is 0 Å². The van der Waals surface area contributed by atoms with Crippen molar-refractivity contribution in [2.45, 2.75) is 20.3 Å². The first-order chi connectivity index (χ1) is 23.9. The molecule has 0 aliphatic carbocycles. The van der Waals surface area contributed by atoms with Gasteiger partial charge >= 0.3 is 0 Å². The zero-order valence-corrected chi connectivity index (χ0v) is 28.5. The molecule has 2 aromatic carbocycles. The van der Waals surface area contributed by atoms with Crippen LogP contribution < -0.4 is 32.3 Å². The van der Waals surface area contributed by atoms with Crippen LogP contribution in [-0.4, -0.2) is 112 Å². The first-order valence-electron chi connectivity index (χ1n) is 16.7. The highest BCUT2D eigenvalue weighted by molar-refractivity contribution is 5.94. The van der Waals surface area contributed by atoms with Gasteiger partial charge < -0.3 is 51.3 Å². The lowest BCUT2D eigenvalue weighted by molar-refractivity contribution is 0.0511. The Labute approximate surface area is 288 Å². The van der Waals surface area contributed by atoms with Crippen molar-refractivity contribution in [2.24, 2.45) is 11.7 Å². The van der Waals surface area contributed by atoms with Gasteiger partial charge in [-0.1, -0.05) is 32.0 Å². The molecule has 0 aliphatic heterocycles. The Morgan fingerprint density at radius 2 is 1.10 bits per heavy atom. The van der Waals surface area contributed by atoms with Gasteiger partial charge in [0, 0.05) is 49.5 Å². The molecule has 2 amide bonds. The van der Waals surface area contributed by atoms with Gasteiger partial charge in [0.2, 0.25) is 17.8 Å². The lowest BCUT2D eigenvalue weighted by atomic mass is 10.1. The number of hydrogen-bond acceptors (Lipinski definition) is 13. The number of benzene rings is 2. The maximum absolute atomic E-state index is 12.5. The van der Waals surface area contributed by atoms with Crippen LogP contribution in [0.4, 0.5) is 23.5 Å². The number of amides is 2. The van der Waals surface area contributed by atoms with Gasteiger partial charge in [-0.15, -0.1) is 0 Å². The van der Waals surface area contributed by atoms with E-state index in [0.29, 0.717) is 120 Å². The fourth-order valence-electron chi connectivity index (χ4n) is 4.13. The van der Waals surface area contributed by atoms with Gasteiger partial charge in [-0.2, -0.15) is 15.0 Å². The summed E-state index contributed by atoms with van der Waals surface area (Å²) in [6, 6.07) is 16.1. The normalized spacial score (nSPS) is 10.9. The quantitative estimate of drug-likeness (QED) is 0.0678. The molecule has 49 heavy (non-hydrogen) atoms. The number of ether oxygens (including phenoxy) is 4. The molecule has 0 saturated heterocycles. The summed E-state index contributed by atoms with van der Waals surface area (Å²) < 4.78 is 21.9. The SMILES string of the molecule is CC(C)CCNc1nc(NCCOCCOCCNC(=O)c2ccccc2)nc(Nc2ccc(C(=O)NCCOCCOCCN)cc2)n1. The highest BCUT2D eigenvalue weighted by Gasteiger charge is 2.10. The van der Waals surface area contributed by atoms with E-state index < -0.39 is 0 Å². The standard InChI is InChI=1S/C34H51N9O6/c1-26(2)12-14-38-32-41-33(39-17-21-49-25-24-48-19-15-36-30(44)27-6-4-3-5-7-27)43-34(42-32)40-29-10-8-28(9-11-29)31(45)37-16-20-47-23-22-46-18-13-35/h3-11,26H,12-25,35H2,1-2H3,(H,36,44)(H,37,45)(H3,38,39,40,41,42,43). The maximum Gasteiger partial charge on any atom is 0.251 e. The number of nitrogens with one attached hydrogen (secondary N) is 5. The zero-order valence-electron chi connectivity index (χ0n) is 28.5. The molecule has 3 rings (SSSR count). The Morgan fingerprint density at radius 1 is 0.612 bits per heavy atom. The number of rotatable bonds is 26. The number of carbonyl (C=O) groups is 2. The predicted octanol–water partition coefficient (Wildman–Crippen LogP) is 2.67. The van der Waals surface area contributed by atoms with E-state index >= 15 is 0 Å². The smallest absolute Gasteiger partial charge is 0.251 e. The van der Waals surface area contributed by atoms with Gasteiger partial charge in [0.15, 0.2) is 0 Å². The molecule has 0 saturated carbocycles. The van der Waals surface area contributed by atoms with Crippen LogP contribution in [0.5, 0.6) is 0 Å². The number of aromatic nitrogens is 3. The molecule has 0 aliphatic rings. The third-order valence-corrected chi connectivity index (χ3v) is 6.68. The van der Waals surface area contributed by atoms with Gasteiger partial charge in [0.05, 0.1) is 52.9 Å². The van der Waals surface area contributed by atoms with Gasteiger partial charge in [-0.25, -0.2) is 0 Å². The largest absolute Gasteiger partial charge is 0.378 e. The molecular weight excluding hydrogens is 630 g/mol. The van der Waals surface area contributed by atoms with Gasteiger partial charge in [0.25, 0.3) is 11.8 Å². The van der Waals surface area contributed by atoms with Crippen LogP contribution in [0, 0.1) is 5.92 Å². The zero-order chi connectivity index (χ0) is 34.9. The van der Waals surface area contributed by atoms with Crippen molar-refractivity contribution >= 4 is 35.3 Å². The van der Waals surface area contributed by atoms with Crippen LogP contribution in [0.1, 0.15) is 41.0 Å². The Morgan fingerprint density at radius 3 is 1.65 bits per heavy atom. The second kappa shape index (κ2) is 23.8. The Hall–Kier alpha value is -4.41. The summed E-state index contributed by atoms with van der Waals surface area (Å²) in [5.74, 6) is 1.39. The molecule has 0 bridgehead atoms. The van der Waals surface area contributed by atoms with E-state index in [1.54, 1.807) is 36.4 Å². The minimum atomic E-state index is -0.195. The third-order valence-electron chi connectivity index (χ3n) is 6.68. The minimum Gasteiger partial charge on any atom is -0.378 e. The van der Waals surface area contributed by atoms with Crippen LogP contribution in [-0.2, 0) is 18.9 Å². The first-order valence-corrected chi connectivity index (χ1v) is 16.7. The van der Waals surface area contributed by atoms with E-state index in [-0.39, 0.29) is 11.8 Å². The molecule has 268 valence electrons. The maximum atomic E-state index is 12.5. The van der Waals surface area contributed by atoms with Crippen molar-refractivity contribution in [1.82, 2.24) is 25.6 Å². The van der Waals surface area contributed by atoms with Crippen molar-refractivity contribution in [3.63, 3.8) is 0 Å². The average molecular weight is 682 g/mol. The van der Waals surface area contributed by atoms with E-state index in [4.69, 9.17) is 24.7 Å². The summed E-state index contributed by atoms with van der Waals surface area (Å²) >= 11 is 0. The minimum absolute atomic E-state index is 0.126. The van der Waals surface area contributed by atoms with E-state index in [9.17, 15) is 9.59 Å². The summed E-state index contributed by atoms with van der Waals surface area (Å²) in [6.07, 6.45) is 0.964. The molecular formula is C34H51N9O6. The molecule has 0 unspecified atom stereocenters. The number of carbonyl (C=O) groups excluding carboxylic acids is 2. The van der Waals surface area contributed by atoms with Gasteiger partial charge in [-0.3, -0.25) is 9.59 Å². The second-order valence-electron chi connectivity index (χ2n) is 11.2. The highest BCUT2D eigenvalue weighted by atomic mass is 16.5. The molecule has 1 aromatic heterocycles. The molecule has 15 heteroatoms. The first kappa shape index (κ1) is 39.0. The molecule has 7 N–H and O–H groups in total. The second-order valence-corrected chi connectivity index (χ2v) is 11.2. The summed E-state index contributed by atoms with van der Waals surface area (Å²) in [6.45, 7) is 10.2. The summed E-state index contributed by atoms with van der Waals surface area (Å²) in [7, 11) is 0. The summed E-state index contributed by atoms with van der Waals surface area (Å²) in [4.78, 5) is 38.1. The van der Waals surface area contributed by atoms with Crippen LogP contribution in [0.15, 0.2) is 54.6 Å². The van der Waals surface area contributed by atoms with Crippen molar-refractivity contribution in [1.29, 1.82) is 0 Å². The summed E-state index contributed by atoms with van der Waals surface area (Å²) in [5, 5.41) is 15.3. The van der Waals surface area contributed by atoms with E-state index in [1.165, 1.54) is 0 Å². The van der Waals surface area contributed by atoms with E-state index in [1.807, 2.05) is 18.2 Å². The third kappa shape index (κ3) is 17.0. The molecule has 0 fully saturated rings. The van der Waals surface area contributed by atoms with Crippen molar-refractivity contribution in [3.8, 4) is 0 Å². The Balaban J connectivity index is 1.39. The van der Waals surface area contributed by atoms with E-state index in [0.717, 1.165) is 13.0 Å². The Bertz CT molecular complexity index is 1350. The predicted molar refractivity (Wildman–Crippen MR) is 189 cm³/mol. The summed E-state index contributed by atoms with van der Waals surface area (Å²) in [5.41, 5.74) is 7.23. The fourth-order valence-corrected chi connectivity index (χ4v) is 4.13. The topological polar surface area (TPSA) is 196 Å².